The number of ketones is 1. The van der Waals surface area contributed by atoms with Gasteiger partial charge in [-0.25, -0.2) is 9.59 Å². The highest BCUT2D eigenvalue weighted by Gasteiger charge is 2.44. The Kier molecular flexibility index (Phi) is 29.7. The number of hydrogen-bond donors (Lipinski definition) is 5. The Morgan fingerprint density at radius 3 is 2.19 bits per heavy atom. The first kappa shape index (κ1) is 70.5. The number of ether oxygens (including phenoxy) is 4. The lowest BCUT2D eigenvalue weighted by atomic mass is 9.83. The molecule has 0 aromatic heterocycles. The fraction of sp³-hybridized carbons (Fsp3) is 0.651. The van der Waals surface area contributed by atoms with Crippen molar-refractivity contribution in [2.24, 2.45) is 29.6 Å². The molecule has 1 heterocycles. The van der Waals surface area contributed by atoms with Gasteiger partial charge in [0, 0.05) is 60.2 Å². The van der Waals surface area contributed by atoms with Gasteiger partial charge in [-0.15, -0.1) is 0 Å². The van der Waals surface area contributed by atoms with E-state index in [1.165, 1.54) is 50.1 Å². The zero-order valence-corrected chi connectivity index (χ0v) is 52.8. The highest BCUT2D eigenvalue weighted by atomic mass is 32.2. The van der Waals surface area contributed by atoms with Crippen LogP contribution >= 0.6 is 11.8 Å². The lowest BCUT2D eigenvalue weighted by Crippen LogP contribution is -2.55. The number of aliphatic hydroxyl groups is 1. The van der Waals surface area contributed by atoms with Crippen LogP contribution in [0.3, 0.4) is 0 Å². The number of likely N-dealkylation sites (tertiary alicyclic amines) is 1. The summed E-state index contributed by atoms with van der Waals surface area (Å²) in [5.74, 6) is -3.85. The predicted octanol–water partition coefficient (Wildman–Crippen LogP) is 8.45. The Bertz CT molecular complexity index is 2500. The van der Waals surface area contributed by atoms with Gasteiger partial charge in [0.1, 0.15) is 6.61 Å². The van der Waals surface area contributed by atoms with Crippen molar-refractivity contribution in [1.82, 2.24) is 30.7 Å². The molecule has 468 valence electrons. The number of carbonyl (C=O) groups excluding carboxylic acids is 8. The molecule has 2 aliphatic rings. The molecule has 4 rings (SSSR count). The van der Waals surface area contributed by atoms with Gasteiger partial charge >= 0.3 is 12.2 Å². The van der Waals surface area contributed by atoms with Crippen LogP contribution in [-0.2, 0) is 49.6 Å². The number of nitrogens with zero attached hydrogens (tertiary/aromatic N) is 3. The van der Waals surface area contributed by atoms with E-state index in [0.29, 0.717) is 36.9 Å². The van der Waals surface area contributed by atoms with Crippen LogP contribution in [0, 0.1) is 29.6 Å². The summed E-state index contributed by atoms with van der Waals surface area (Å²) in [5.41, 5.74) is 1.25. The molecule has 0 radical (unpaired) electrons. The number of anilines is 1. The van der Waals surface area contributed by atoms with Crippen molar-refractivity contribution in [3.05, 3.63) is 71.8 Å². The minimum Gasteiger partial charge on any atom is -0.445 e. The molecular weight excluding hydrogens is 1090 g/mol. The average molecular weight is 1190 g/mol. The summed E-state index contributed by atoms with van der Waals surface area (Å²) in [6.45, 7) is 15.1. The number of thioether (sulfide) groups is 1. The Morgan fingerprint density at radius 2 is 1.55 bits per heavy atom. The van der Waals surface area contributed by atoms with E-state index in [-0.39, 0.29) is 103 Å². The molecule has 0 saturated carbocycles. The fourth-order valence-electron chi connectivity index (χ4n) is 11.4. The Labute approximate surface area is 503 Å². The molecular formula is C63H97N7O13S. The molecule has 11 atom stereocenters. The molecule has 21 heteroatoms. The van der Waals surface area contributed by atoms with Gasteiger partial charge in [0.15, 0.2) is 11.5 Å². The second kappa shape index (κ2) is 35.4. The third kappa shape index (κ3) is 20.9. The molecule has 2 aromatic rings. The van der Waals surface area contributed by atoms with E-state index < -0.39 is 72.4 Å². The van der Waals surface area contributed by atoms with Gasteiger partial charge in [0.25, 0.3) is 0 Å². The molecule has 1 aliphatic heterocycles. The number of likely N-dealkylation sites (N-methyl/N-ethyl adjacent to an activating group) is 2. The van der Waals surface area contributed by atoms with E-state index in [1.807, 2.05) is 71.9 Å². The first-order valence-electron chi connectivity index (χ1n) is 29.9. The Hall–Kier alpha value is -6.03. The summed E-state index contributed by atoms with van der Waals surface area (Å²) in [6, 6.07) is 10.9. The lowest BCUT2D eigenvalue weighted by molar-refractivity contribution is -0.149. The van der Waals surface area contributed by atoms with E-state index in [1.54, 1.807) is 55.1 Å². The van der Waals surface area contributed by atoms with E-state index in [4.69, 9.17) is 18.9 Å². The number of allylic oxidation sites excluding steroid dienone is 1. The highest BCUT2D eigenvalue weighted by molar-refractivity contribution is 7.99. The van der Waals surface area contributed by atoms with Crippen molar-refractivity contribution in [3.63, 3.8) is 0 Å². The average Bonchev–Trinajstić information content (AvgIpc) is 3.44. The number of hydrogen-bond acceptors (Lipinski definition) is 14. The van der Waals surface area contributed by atoms with Crippen LogP contribution in [0.4, 0.5) is 15.3 Å². The molecule has 84 heavy (non-hydrogen) atoms. The first-order chi connectivity index (χ1) is 40.0. The van der Waals surface area contributed by atoms with Crippen molar-refractivity contribution in [2.75, 3.05) is 58.7 Å². The van der Waals surface area contributed by atoms with Crippen LogP contribution in [-0.4, -0.2) is 163 Å². The Balaban J connectivity index is 1.46. The standard InChI is InChI=1S/C63H97N7O13S/c1-14-41(6)57(52(80-11)36-55(74)70-33-23-28-49(70)59(81-12)42(7)60(76)65-43(8)58(75)45-24-19-18-20-25-45)68(9)61(77)47(39(2)3)35-50(71)56(40(4)5)69(10)63(79)82-37-44-29-30-51(83-62(78)66-46-26-21-16-15-17-22-27-46)48(34-44)67-53(72)31-32-64-54(73)38-84-13/h18-21,24-26,29-30,34,39-43,46-47,49,52,56-59,75H,14-17,22-23,27-28,31-33,35-38H2,1-13H3,(H,64,73)(H,65,76)(H,66,78)(H,67,72)/b26-21+/t41-,42+,43+,46?,47-,49-,52+,56-,57-,58+,59+/m0/s1. The second-order valence-corrected chi connectivity index (χ2v) is 24.1. The zero-order chi connectivity index (χ0) is 62.2. The Morgan fingerprint density at radius 1 is 0.833 bits per heavy atom. The number of Topliss-reactive ketones (excluding diaryl/α,β-unsaturated/α-hetero) is 1. The molecule has 7 amide bonds. The molecule has 20 nitrogen and oxygen atoms in total. The van der Waals surface area contributed by atoms with Gasteiger partial charge in [-0.2, -0.15) is 11.8 Å². The summed E-state index contributed by atoms with van der Waals surface area (Å²) in [4.78, 5) is 114. The SMILES string of the molecule is CC[C@H](C)[C@@H]([C@@H](CC(=O)N1CCC[C@H]1[C@H](OC)[C@@H](C)C(=O)N[C@H](C)[C@@H](O)c1ccccc1)OC)N(C)C(=O)[C@@H](CC(=O)[C@H](C(C)C)N(C)C(=O)OCc1ccc(OC(=O)NC2/C=C/CCCCC2)c(NC(=O)CCNC(=O)CSC)c1)C(C)C. The van der Waals surface area contributed by atoms with Crippen molar-refractivity contribution in [3.8, 4) is 5.75 Å². The summed E-state index contributed by atoms with van der Waals surface area (Å²) < 4.78 is 23.6. The summed E-state index contributed by atoms with van der Waals surface area (Å²) in [7, 11) is 6.21. The monoisotopic (exact) mass is 1190 g/mol. The highest BCUT2D eigenvalue weighted by Crippen LogP contribution is 2.33. The molecule has 0 bridgehead atoms. The van der Waals surface area contributed by atoms with Crippen molar-refractivity contribution in [1.29, 1.82) is 0 Å². The predicted molar refractivity (Wildman–Crippen MR) is 326 cm³/mol. The maximum absolute atomic E-state index is 14.9. The fourth-order valence-corrected chi connectivity index (χ4v) is 11.8. The minimum atomic E-state index is -0.984. The molecule has 0 spiro atoms. The molecule has 1 saturated heterocycles. The van der Waals surface area contributed by atoms with Crippen LogP contribution in [0.15, 0.2) is 60.7 Å². The van der Waals surface area contributed by atoms with Gasteiger partial charge in [0.2, 0.25) is 29.5 Å². The minimum absolute atomic E-state index is 0.0513. The molecule has 1 aliphatic carbocycles. The normalized spacial score (nSPS) is 18.9. The number of nitrogens with one attached hydrogen (secondary N) is 4. The largest absolute Gasteiger partial charge is 0.445 e. The number of carbonyl (C=O) groups is 8. The third-order valence-electron chi connectivity index (χ3n) is 16.3. The molecule has 1 fully saturated rings. The van der Waals surface area contributed by atoms with Crippen LogP contribution in [0.25, 0.3) is 0 Å². The smallest absolute Gasteiger partial charge is 0.413 e. The van der Waals surface area contributed by atoms with E-state index in [0.717, 1.165) is 32.1 Å². The van der Waals surface area contributed by atoms with E-state index in [9.17, 15) is 43.5 Å². The topological polar surface area (TPSA) is 252 Å². The maximum atomic E-state index is 14.9. The summed E-state index contributed by atoms with van der Waals surface area (Å²) in [6.07, 6.45) is 8.36. The van der Waals surface area contributed by atoms with Crippen LogP contribution < -0.4 is 26.0 Å². The van der Waals surface area contributed by atoms with Crippen molar-refractivity contribution in [2.45, 2.75) is 181 Å². The van der Waals surface area contributed by atoms with Gasteiger partial charge in [-0.3, -0.25) is 28.8 Å². The quantitative estimate of drug-likeness (QED) is 0.0445. The maximum Gasteiger partial charge on any atom is 0.413 e. The third-order valence-corrected chi connectivity index (χ3v) is 16.9. The zero-order valence-electron chi connectivity index (χ0n) is 52.0. The van der Waals surface area contributed by atoms with Gasteiger partial charge in [-0.05, 0) is 86.3 Å². The van der Waals surface area contributed by atoms with Gasteiger partial charge in [-0.1, -0.05) is 116 Å². The van der Waals surface area contributed by atoms with Crippen LogP contribution in [0.5, 0.6) is 5.75 Å². The number of aliphatic hydroxyl groups excluding tert-OH is 1. The first-order valence-corrected chi connectivity index (χ1v) is 31.3. The van der Waals surface area contributed by atoms with Gasteiger partial charge < -0.3 is 60.0 Å². The molecule has 1 unspecified atom stereocenters. The lowest BCUT2D eigenvalue weighted by Gasteiger charge is -2.41. The number of benzene rings is 2. The number of amides is 7. The molecule has 5 N–H and O–H groups in total. The van der Waals surface area contributed by atoms with Crippen molar-refractivity contribution >= 4 is 65.0 Å². The van der Waals surface area contributed by atoms with E-state index in [2.05, 4.69) is 21.3 Å². The number of methoxy groups -OCH3 is 2. The van der Waals surface area contributed by atoms with Gasteiger partial charge in [0.05, 0.1) is 72.3 Å². The summed E-state index contributed by atoms with van der Waals surface area (Å²) in [5, 5.41) is 22.3. The van der Waals surface area contributed by atoms with Crippen LogP contribution in [0.1, 0.15) is 143 Å². The van der Waals surface area contributed by atoms with E-state index >= 15 is 0 Å². The van der Waals surface area contributed by atoms with Crippen LogP contribution in [0.2, 0.25) is 0 Å². The number of rotatable bonds is 31. The second-order valence-electron chi connectivity index (χ2n) is 23.2. The summed E-state index contributed by atoms with van der Waals surface area (Å²) >= 11 is 1.36. The molecule has 2 aromatic carbocycles. The van der Waals surface area contributed by atoms with Crippen molar-refractivity contribution < 1.29 is 62.4 Å².